The van der Waals surface area contributed by atoms with E-state index in [1.807, 2.05) is 0 Å². The van der Waals surface area contributed by atoms with Gasteiger partial charge in [-0.25, -0.2) is 4.79 Å². The Labute approximate surface area is 179 Å². The number of hydrogen-bond acceptors (Lipinski definition) is 3. The van der Waals surface area contributed by atoms with Gasteiger partial charge in [0.2, 0.25) is 0 Å². The van der Waals surface area contributed by atoms with Gasteiger partial charge < -0.3 is 15.2 Å². The molecule has 0 fully saturated rings. The first-order valence-electron chi connectivity index (χ1n) is 11.7. The molecule has 0 atom stereocenters. The summed E-state index contributed by atoms with van der Waals surface area (Å²) in [6.45, 7) is 3.96. The van der Waals surface area contributed by atoms with Crippen molar-refractivity contribution in [1.29, 1.82) is 0 Å². The third-order valence-corrected chi connectivity index (χ3v) is 4.95. The van der Waals surface area contributed by atoms with Crippen LogP contribution in [-0.2, 0) is 16.1 Å². The van der Waals surface area contributed by atoms with E-state index in [-0.39, 0.29) is 0 Å². The molecule has 168 valence electrons. The first-order chi connectivity index (χ1) is 14.2. The van der Waals surface area contributed by atoms with Crippen molar-refractivity contribution in [2.75, 3.05) is 13.7 Å². The topological polar surface area (TPSA) is 61.6 Å². The molecule has 0 aliphatic carbocycles. The Morgan fingerprint density at radius 1 is 0.759 bits per heavy atom. The zero-order valence-electron chi connectivity index (χ0n) is 19.0. The zero-order valence-corrected chi connectivity index (χ0v) is 19.0. The molecular formula is C25H45NO3. The molecule has 0 radical (unpaired) electrons. The summed E-state index contributed by atoms with van der Waals surface area (Å²) < 4.78 is 9.62. The van der Waals surface area contributed by atoms with Gasteiger partial charge in [0.05, 0.1) is 13.7 Å². The molecule has 1 aromatic rings. The molecule has 0 aliphatic heterocycles. The summed E-state index contributed by atoms with van der Waals surface area (Å²) >= 11 is 0. The van der Waals surface area contributed by atoms with Crippen molar-refractivity contribution in [2.45, 2.75) is 103 Å². The first kappa shape index (κ1) is 27.5. The summed E-state index contributed by atoms with van der Waals surface area (Å²) in [5, 5.41) is 0. The lowest BCUT2D eigenvalue weighted by molar-refractivity contribution is 0.116. The highest BCUT2D eigenvalue weighted by atomic mass is 16.5. The van der Waals surface area contributed by atoms with E-state index in [0.29, 0.717) is 0 Å². The van der Waals surface area contributed by atoms with Crippen LogP contribution < -0.4 is 5.73 Å². The van der Waals surface area contributed by atoms with Gasteiger partial charge in [-0.1, -0.05) is 121 Å². The minimum Gasteiger partial charge on any atom is -0.453 e. The highest BCUT2D eigenvalue weighted by Crippen LogP contribution is 2.13. The molecule has 1 aromatic carbocycles. The first-order valence-corrected chi connectivity index (χ1v) is 11.7. The average Bonchev–Trinajstić information content (AvgIpc) is 2.74. The fourth-order valence-corrected chi connectivity index (χ4v) is 3.16. The number of nitrogens with two attached hydrogens (primary N) is 1. The Bertz CT molecular complexity index is 451. The van der Waals surface area contributed by atoms with E-state index in [9.17, 15) is 4.79 Å². The molecule has 0 unspecified atom stereocenters. The Hall–Kier alpha value is -1.55. The van der Waals surface area contributed by atoms with Crippen molar-refractivity contribution < 1.29 is 14.3 Å². The van der Waals surface area contributed by atoms with Gasteiger partial charge in [0, 0.05) is 6.61 Å². The molecule has 0 heterocycles. The fraction of sp³-hybridized carbons (Fsp3) is 0.720. The molecule has 0 spiro atoms. The molecule has 1 rings (SSSR count). The number of hydrogen-bond donors (Lipinski definition) is 1. The fourth-order valence-electron chi connectivity index (χ4n) is 3.16. The third kappa shape index (κ3) is 22.6. The number of methoxy groups -OCH3 is 1. The van der Waals surface area contributed by atoms with Crippen molar-refractivity contribution in [3.8, 4) is 0 Å². The van der Waals surface area contributed by atoms with Crippen LogP contribution in [0.15, 0.2) is 30.3 Å². The summed E-state index contributed by atoms with van der Waals surface area (Å²) in [6.07, 6.45) is 19.0. The van der Waals surface area contributed by atoms with Crippen LogP contribution in [0.2, 0.25) is 0 Å². The lowest BCUT2D eigenvalue weighted by Crippen LogP contribution is -2.08. The van der Waals surface area contributed by atoms with Crippen molar-refractivity contribution in [3.05, 3.63) is 35.9 Å². The van der Waals surface area contributed by atoms with Crippen molar-refractivity contribution >= 4 is 6.09 Å². The smallest absolute Gasteiger partial charge is 0.404 e. The quantitative estimate of drug-likeness (QED) is 0.274. The summed E-state index contributed by atoms with van der Waals surface area (Å²) in [4.78, 5) is 9.37. The van der Waals surface area contributed by atoms with E-state index < -0.39 is 6.09 Å². The van der Waals surface area contributed by atoms with Crippen LogP contribution in [0, 0.1) is 0 Å². The predicted octanol–water partition coefficient (Wildman–Crippen LogP) is 7.40. The summed E-state index contributed by atoms with van der Waals surface area (Å²) in [5.74, 6) is 0. The molecule has 2 N–H and O–H groups in total. The molecule has 0 saturated carbocycles. The largest absolute Gasteiger partial charge is 0.453 e. The minimum atomic E-state index is -0.745. The molecular weight excluding hydrogens is 362 g/mol. The second-order valence-corrected chi connectivity index (χ2v) is 7.66. The monoisotopic (exact) mass is 407 g/mol. The number of rotatable bonds is 17. The lowest BCUT2D eigenvalue weighted by Gasteiger charge is -2.05. The van der Waals surface area contributed by atoms with Crippen LogP contribution in [0.5, 0.6) is 0 Å². The van der Waals surface area contributed by atoms with Gasteiger partial charge in [0.15, 0.2) is 0 Å². The van der Waals surface area contributed by atoms with E-state index in [4.69, 9.17) is 4.74 Å². The van der Waals surface area contributed by atoms with E-state index in [0.717, 1.165) is 13.2 Å². The molecule has 0 bridgehead atoms. The number of unbranched alkanes of at least 4 members (excludes halogenated alkanes) is 13. The second kappa shape index (κ2) is 22.7. The summed E-state index contributed by atoms with van der Waals surface area (Å²) in [5.41, 5.74) is 5.71. The number of carbonyl (C=O) groups is 1. The zero-order chi connectivity index (χ0) is 21.4. The van der Waals surface area contributed by atoms with Crippen LogP contribution in [0.1, 0.15) is 102 Å². The Morgan fingerprint density at radius 2 is 1.17 bits per heavy atom. The van der Waals surface area contributed by atoms with Crippen LogP contribution in [0.25, 0.3) is 0 Å². The number of carbonyl (C=O) groups excluding carboxylic acids is 1. The molecule has 4 heteroatoms. The maximum absolute atomic E-state index is 9.37. The van der Waals surface area contributed by atoms with Crippen LogP contribution in [0.3, 0.4) is 0 Å². The average molecular weight is 408 g/mol. The highest BCUT2D eigenvalue weighted by Gasteiger charge is 1.95. The van der Waals surface area contributed by atoms with Gasteiger partial charge in [-0.3, -0.25) is 0 Å². The second-order valence-electron chi connectivity index (χ2n) is 7.66. The van der Waals surface area contributed by atoms with Gasteiger partial charge in [-0.15, -0.1) is 0 Å². The molecule has 29 heavy (non-hydrogen) atoms. The number of amides is 1. The Kier molecular flexibility index (Phi) is 21.5. The van der Waals surface area contributed by atoms with Crippen molar-refractivity contribution in [3.63, 3.8) is 0 Å². The summed E-state index contributed by atoms with van der Waals surface area (Å²) in [7, 11) is 1.22. The maximum atomic E-state index is 9.37. The van der Waals surface area contributed by atoms with E-state index in [1.54, 1.807) is 0 Å². The number of primary amides is 1. The van der Waals surface area contributed by atoms with Gasteiger partial charge >= 0.3 is 6.09 Å². The molecule has 1 amide bonds. The maximum Gasteiger partial charge on any atom is 0.404 e. The van der Waals surface area contributed by atoms with Crippen molar-refractivity contribution in [1.82, 2.24) is 0 Å². The van der Waals surface area contributed by atoms with Gasteiger partial charge in [-0.2, -0.15) is 0 Å². The van der Waals surface area contributed by atoms with Crippen LogP contribution in [0.4, 0.5) is 4.79 Å². The third-order valence-electron chi connectivity index (χ3n) is 4.95. The Balaban J connectivity index is 0.00000139. The standard InChI is InChI=1S/C23H40O.C2H5NO2/c1-2-3-4-5-6-7-8-9-10-11-12-13-14-18-21-24-22-23-19-16-15-17-20-23;1-5-2(3)4/h15-17,19-20H,2-14,18,21-22H2,1H3;1H3,(H2,3,4). The molecule has 0 aliphatic rings. The highest BCUT2D eigenvalue weighted by molar-refractivity contribution is 5.64. The predicted molar refractivity (Wildman–Crippen MR) is 123 cm³/mol. The lowest BCUT2D eigenvalue weighted by atomic mass is 10.0. The van der Waals surface area contributed by atoms with Crippen LogP contribution in [-0.4, -0.2) is 19.8 Å². The minimum absolute atomic E-state index is 0.745. The van der Waals surface area contributed by atoms with E-state index >= 15 is 0 Å². The van der Waals surface area contributed by atoms with Gasteiger partial charge in [0.25, 0.3) is 0 Å². The Morgan fingerprint density at radius 3 is 1.59 bits per heavy atom. The normalized spacial score (nSPS) is 10.3. The molecule has 4 nitrogen and oxygen atoms in total. The number of ether oxygens (including phenoxy) is 2. The van der Waals surface area contributed by atoms with Crippen molar-refractivity contribution in [2.24, 2.45) is 5.73 Å². The van der Waals surface area contributed by atoms with Gasteiger partial charge in [0.1, 0.15) is 0 Å². The van der Waals surface area contributed by atoms with Crippen LogP contribution >= 0.6 is 0 Å². The SMILES string of the molecule is CCCCCCCCCCCCCCCCOCc1ccccc1.COC(N)=O. The van der Waals surface area contributed by atoms with E-state index in [1.165, 1.54) is 103 Å². The molecule has 0 saturated heterocycles. The molecule has 0 aromatic heterocycles. The summed E-state index contributed by atoms with van der Waals surface area (Å²) in [6, 6.07) is 10.5. The number of benzene rings is 1. The van der Waals surface area contributed by atoms with E-state index in [2.05, 4.69) is 47.7 Å². The van der Waals surface area contributed by atoms with Gasteiger partial charge in [-0.05, 0) is 12.0 Å².